The second kappa shape index (κ2) is 11.4. The maximum Gasteiger partial charge on any atom is 0.246 e. The number of nitrogen functional groups attached to an aromatic ring is 1. The Kier molecular flexibility index (Phi) is 7.91. The molecular formula is C27H27ClF2N8O2S. The van der Waals surface area contributed by atoms with Crippen LogP contribution < -0.4 is 16.0 Å². The van der Waals surface area contributed by atoms with Gasteiger partial charge in [0.05, 0.1) is 15.2 Å². The fourth-order valence-electron chi connectivity index (χ4n) is 4.71. The zero-order chi connectivity index (χ0) is 29.4. The SMILES string of the molecule is C=CC(=O)N1CCN(c2nc(NCCC(=O)N(C)C)nc3c(F)c(-c4ccc(F)c5sc(N)nc45)c(Cl)cc23)CC1. The molecule has 1 aliphatic rings. The highest BCUT2D eigenvalue weighted by molar-refractivity contribution is 7.22. The van der Waals surface area contributed by atoms with Crippen molar-refractivity contribution in [3.05, 3.63) is 47.5 Å². The second-order valence-electron chi connectivity index (χ2n) is 9.62. The first-order chi connectivity index (χ1) is 19.6. The lowest BCUT2D eigenvalue weighted by Crippen LogP contribution is -2.48. The number of aromatic nitrogens is 3. The van der Waals surface area contributed by atoms with Gasteiger partial charge < -0.3 is 25.8 Å². The number of hydrogen-bond donors (Lipinski definition) is 2. The average molecular weight is 601 g/mol. The Morgan fingerprint density at radius 3 is 2.59 bits per heavy atom. The number of rotatable bonds is 7. The van der Waals surface area contributed by atoms with E-state index >= 15 is 4.39 Å². The van der Waals surface area contributed by atoms with Gasteiger partial charge in [-0.25, -0.2) is 18.7 Å². The predicted molar refractivity (Wildman–Crippen MR) is 158 cm³/mol. The molecule has 2 aromatic heterocycles. The third-order valence-electron chi connectivity index (χ3n) is 6.83. The molecule has 1 fully saturated rings. The van der Waals surface area contributed by atoms with E-state index in [0.717, 1.165) is 11.3 Å². The zero-order valence-electron chi connectivity index (χ0n) is 22.4. The minimum absolute atomic E-state index is 0.00857. The van der Waals surface area contributed by atoms with Crippen LogP contribution in [0.1, 0.15) is 6.42 Å². The number of anilines is 3. The lowest BCUT2D eigenvalue weighted by atomic mass is 10.0. The maximum atomic E-state index is 16.5. The van der Waals surface area contributed by atoms with E-state index in [9.17, 15) is 14.0 Å². The van der Waals surface area contributed by atoms with Crippen LogP contribution in [0.25, 0.3) is 32.2 Å². The van der Waals surface area contributed by atoms with Crippen LogP contribution in [-0.2, 0) is 9.59 Å². The summed E-state index contributed by atoms with van der Waals surface area (Å²) in [6, 6.07) is 4.21. The Morgan fingerprint density at radius 2 is 1.90 bits per heavy atom. The summed E-state index contributed by atoms with van der Waals surface area (Å²) in [6.07, 6.45) is 1.45. The van der Waals surface area contributed by atoms with E-state index in [0.29, 0.717) is 37.4 Å². The lowest BCUT2D eigenvalue weighted by molar-refractivity contribution is -0.128. The topological polar surface area (TPSA) is 121 Å². The molecule has 10 nitrogen and oxygen atoms in total. The highest BCUT2D eigenvalue weighted by Gasteiger charge is 2.27. The van der Waals surface area contributed by atoms with Crippen molar-refractivity contribution in [2.75, 3.05) is 62.8 Å². The molecule has 0 aliphatic carbocycles. The molecule has 214 valence electrons. The summed E-state index contributed by atoms with van der Waals surface area (Å²) in [5.74, 6) is -0.965. The van der Waals surface area contributed by atoms with Crippen LogP contribution in [-0.4, -0.2) is 83.4 Å². The standard InChI is InChI=1S/C27H27ClF2N8O2S/c1-4-18(39)37-9-11-38(12-10-37)25-15-13-16(28)20(14-5-6-17(29)24-23(14)33-26(31)41-24)21(30)22(15)34-27(35-25)32-8-7-19(40)36(2)3/h4-6,13H,1,7-12H2,2-3H3,(H2,31,33)(H,32,34,35). The smallest absolute Gasteiger partial charge is 0.246 e. The Morgan fingerprint density at radius 1 is 1.17 bits per heavy atom. The van der Waals surface area contributed by atoms with Gasteiger partial charge >= 0.3 is 0 Å². The van der Waals surface area contributed by atoms with E-state index in [1.165, 1.54) is 23.1 Å². The third kappa shape index (κ3) is 5.46. The number of nitrogens with zero attached hydrogens (tertiary/aromatic N) is 6. The number of carbonyl (C=O) groups is 2. The molecule has 0 saturated carbocycles. The molecule has 0 spiro atoms. The van der Waals surface area contributed by atoms with Gasteiger partial charge in [-0.2, -0.15) is 4.98 Å². The molecule has 41 heavy (non-hydrogen) atoms. The Hall–Kier alpha value is -4.10. The molecule has 4 aromatic rings. The van der Waals surface area contributed by atoms with E-state index in [1.807, 2.05) is 4.90 Å². The molecule has 1 saturated heterocycles. The maximum absolute atomic E-state index is 16.5. The summed E-state index contributed by atoms with van der Waals surface area (Å²) in [5.41, 5.74) is 6.32. The van der Waals surface area contributed by atoms with Crippen LogP contribution in [0.3, 0.4) is 0 Å². The van der Waals surface area contributed by atoms with Gasteiger partial charge in [0.2, 0.25) is 17.8 Å². The van der Waals surface area contributed by atoms with Gasteiger partial charge in [0, 0.05) is 69.8 Å². The van der Waals surface area contributed by atoms with Crippen molar-refractivity contribution in [3.63, 3.8) is 0 Å². The van der Waals surface area contributed by atoms with Crippen LogP contribution in [0.5, 0.6) is 0 Å². The van der Waals surface area contributed by atoms with E-state index in [2.05, 4.69) is 26.8 Å². The number of benzene rings is 2. The highest BCUT2D eigenvalue weighted by Crippen LogP contribution is 2.42. The van der Waals surface area contributed by atoms with Crippen molar-refractivity contribution in [3.8, 4) is 11.1 Å². The van der Waals surface area contributed by atoms with Gasteiger partial charge in [-0.05, 0) is 24.3 Å². The molecule has 14 heteroatoms. The first-order valence-electron chi connectivity index (χ1n) is 12.7. The molecule has 0 unspecified atom stereocenters. The van der Waals surface area contributed by atoms with Crippen molar-refractivity contribution in [2.24, 2.45) is 0 Å². The number of piperazine rings is 1. The molecule has 0 radical (unpaired) electrons. The first kappa shape index (κ1) is 28.4. The Labute approximate surface area is 243 Å². The summed E-state index contributed by atoms with van der Waals surface area (Å²) >= 11 is 7.65. The second-order valence-corrected chi connectivity index (χ2v) is 11.1. The minimum atomic E-state index is -0.733. The molecule has 1 aliphatic heterocycles. The van der Waals surface area contributed by atoms with E-state index in [1.54, 1.807) is 25.1 Å². The summed E-state index contributed by atoms with van der Waals surface area (Å²) in [7, 11) is 3.32. The van der Waals surface area contributed by atoms with Gasteiger partial charge in [-0.1, -0.05) is 29.5 Å². The quantitative estimate of drug-likeness (QED) is 0.304. The Balaban J connectivity index is 1.62. The molecule has 2 aromatic carbocycles. The van der Waals surface area contributed by atoms with Gasteiger partial charge in [-0.3, -0.25) is 9.59 Å². The monoisotopic (exact) mass is 600 g/mol. The summed E-state index contributed by atoms with van der Waals surface area (Å²) in [4.78, 5) is 42.6. The van der Waals surface area contributed by atoms with Crippen LogP contribution in [0, 0.1) is 11.6 Å². The molecule has 0 atom stereocenters. The molecule has 2 amide bonds. The van der Waals surface area contributed by atoms with Crippen LogP contribution in [0.4, 0.5) is 25.7 Å². The number of amides is 2. The number of carbonyl (C=O) groups excluding carboxylic acids is 2. The summed E-state index contributed by atoms with van der Waals surface area (Å²) < 4.78 is 31.1. The summed E-state index contributed by atoms with van der Waals surface area (Å²) in [5, 5.41) is 3.60. The predicted octanol–water partition coefficient (Wildman–Crippen LogP) is 4.15. The van der Waals surface area contributed by atoms with Gasteiger partial charge in [0.1, 0.15) is 17.2 Å². The van der Waals surface area contributed by atoms with Crippen molar-refractivity contribution in [1.29, 1.82) is 0 Å². The van der Waals surface area contributed by atoms with Crippen molar-refractivity contribution >= 4 is 72.8 Å². The normalized spacial score (nSPS) is 13.6. The lowest BCUT2D eigenvalue weighted by Gasteiger charge is -2.35. The number of halogens is 3. The number of thiazole rings is 1. The third-order valence-corrected chi connectivity index (χ3v) is 8.02. The molecule has 5 rings (SSSR count). The molecular weight excluding hydrogens is 574 g/mol. The summed E-state index contributed by atoms with van der Waals surface area (Å²) in [6.45, 7) is 5.48. The van der Waals surface area contributed by atoms with Crippen molar-refractivity contribution in [2.45, 2.75) is 6.42 Å². The van der Waals surface area contributed by atoms with Crippen molar-refractivity contribution in [1.82, 2.24) is 24.8 Å². The van der Waals surface area contributed by atoms with E-state index < -0.39 is 11.6 Å². The van der Waals surface area contributed by atoms with Gasteiger partial charge in [0.15, 0.2) is 10.9 Å². The van der Waals surface area contributed by atoms with E-state index in [4.69, 9.17) is 17.3 Å². The van der Waals surface area contributed by atoms with E-state index in [-0.39, 0.29) is 67.7 Å². The molecule has 3 heterocycles. The fourth-order valence-corrected chi connectivity index (χ4v) is 5.77. The Bertz CT molecular complexity index is 1690. The fraction of sp³-hybridized carbons (Fsp3) is 0.296. The molecule has 0 bridgehead atoms. The minimum Gasteiger partial charge on any atom is -0.375 e. The van der Waals surface area contributed by atoms with Crippen LogP contribution in [0.15, 0.2) is 30.9 Å². The largest absolute Gasteiger partial charge is 0.375 e. The number of fused-ring (bicyclic) bond motifs is 2. The van der Waals surface area contributed by atoms with Gasteiger partial charge in [-0.15, -0.1) is 0 Å². The number of nitrogens with one attached hydrogen (secondary N) is 1. The van der Waals surface area contributed by atoms with Crippen molar-refractivity contribution < 1.29 is 18.4 Å². The van der Waals surface area contributed by atoms with Crippen LogP contribution >= 0.6 is 22.9 Å². The van der Waals surface area contributed by atoms with Crippen LogP contribution in [0.2, 0.25) is 5.02 Å². The first-order valence-corrected chi connectivity index (χ1v) is 13.9. The number of nitrogens with two attached hydrogens (primary N) is 1. The highest BCUT2D eigenvalue weighted by atomic mass is 35.5. The van der Waals surface area contributed by atoms with Gasteiger partial charge in [0.25, 0.3) is 0 Å². The zero-order valence-corrected chi connectivity index (χ0v) is 24.0. The molecule has 3 N–H and O–H groups in total. The number of hydrogen-bond acceptors (Lipinski definition) is 9. The average Bonchev–Trinajstić information content (AvgIpc) is 3.36.